The zero-order valence-electron chi connectivity index (χ0n) is 9.76. The van der Waals surface area contributed by atoms with Gasteiger partial charge in [0.1, 0.15) is 5.82 Å². The van der Waals surface area contributed by atoms with Crippen LogP contribution < -0.4 is 16.2 Å². The molecule has 2 rings (SSSR count). The van der Waals surface area contributed by atoms with Crippen LogP contribution in [0, 0.1) is 0 Å². The van der Waals surface area contributed by atoms with Gasteiger partial charge in [-0.1, -0.05) is 0 Å². The minimum absolute atomic E-state index is 0.119. The summed E-state index contributed by atoms with van der Waals surface area (Å²) in [6.45, 7) is 4.56. The Bertz CT molecular complexity index is 402. The Morgan fingerprint density at radius 1 is 1.35 bits per heavy atom. The molecule has 92 valence electrons. The van der Waals surface area contributed by atoms with Gasteiger partial charge >= 0.3 is 0 Å². The Balaban J connectivity index is 2.02. The van der Waals surface area contributed by atoms with E-state index < -0.39 is 0 Å². The van der Waals surface area contributed by atoms with Gasteiger partial charge in [0.2, 0.25) is 5.91 Å². The number of nitrogens with zero attached hydrogens (tertiary/aromatic N) is 4. The maximum atomic E-state index is 11.2. The van der Waals surface area contributed by atoms with E-state index in [0.29, 0.717) is 5.82 Å². The summed E-state index contributed by atoms with van der Waals surface area (Å²) in [5.41, 5.74) is 2.47. The van der Waals surface area contributed by atoms with Crippen LogP contribution >= 0.6 is 0 Å². The molecule has 0 radical (unpaired) electrons. The average molecular weight is 236 g/mol. The minimum Gasteiger partial charge on any atom is -0.352 e. The normalized spacial score (nSPS) is 15.9. The lowest BCUT2D eigenvalue weighted by molar-refractivity contribution is -0.129. The zero-order chi connectivity index (χ0) is 12.3. The minimum atomic E-state index is 0.119. The van der Waals surface area contributed by atoms with E-state index in [1.54, 1.807) is 19.3 Å². The quantitative estimate of drug-likeness (QED) is 0.528. The van der Waals surface area contributed by atoms with Crippen molar-refractivity contribution in [1.29, 1.82) is 0 Å². The van der Waals surface area contributed by atoms with E-state index in [-0.39, 0.29) is 5.91 Å². The first-order chi connectivity index (χ1) is 8.20. The summed E-state index contributed by atoms with van der Waals surface area (Å²) in [5, 5.41) is 0. The van der Waals surface area contributed by atoms with Crippen molar-refractivity contribution < 1.29 is 4.79 Å². The lowest BCUT2D eigenvalue weighted by atomic mass is 10.3. The van der Waals surface area contributed by atoms with Crippen molar-refractivity contribution in [2.45, 2.75) is 6.92 Å². The standard InChI is InChI=1S/C10H16N6O/c1-8(17)15-2-4-16(5-3-15)10-7-12-6-9(13-10)14-11/h6-7H,2-5,11H2,1H3,(H,13,14). The Morgan fingerprint density at radius 3 is 2.65 bits per heavy atom. The molecule has 0 atom stereocenters. The van der Waals surface area contributed by atoms with Gasteiger partial charge < -0.3 is 15.2 Å². The number of hydrogen-bond acceptors (Lipinski definition) is 6. The maximum Gasteiger partial charge on any atom is 0.219 e. The van der Waals surface area contributed by atoms with Crippen molar-refractivity contribution in [3.63, 3.8) is 0 Å². The van der Waals surface area contributed by atoms with Crippen LogP contribution in [0.1, 0.15) is 6.92 Å². The van der Waals surface area contributed by atoms with E-state index in [1.807, 2.05) is 4.90 Å². The summed E-state index contributed by atoms with van der Waals surface area (Å²) in [4.78, 5) is 23.5. The number of hydrogen-bond donors (Lipinski definition) is 2. The molecule has 3 N–H and O–H groups in total. The number of amides is 1. The Morgan fingerprint density at radius 2 is 2.06 bits per heavy atom. The molecule has 1 aromatic rings. The van der Waals surface area contributed by atoms with Gasteiger partial charge in [-0.2, -0.15) is 0 Å². The van der Waals surface area contributed by atoms with E-state index in [1.165, 1.54) is 0 Å². The van der Waals surface area contributed by atoms with Gasteiger partial charge in [0.05, 0.1) is 12.4 Å². The molecule has 0 bridgehead atoms. The fourth-order valence-corrected chi connectivity index (χ4v) is 1.83. The van der Waals surface area contributed by atoms with Gasteiger partial charge in [0.25, 0.3) is 0 Å². The largest absolute Gasteiger partial charge is 0.352 e. The molecule has 7 nitrogen and oxygen atoms in total. The highest BCUT2D eigenvalue weighted by Gasteiger charge is 2.19. The molecular weight excluding hydrogens is 220 g/mol. The predicted molar refractivity (Wildman–Crippen MR) is 64.3 cm³/mol. The van der Waals surface area contributed by atoms with E-state index in [9.17, 15) is 4.79 Å². The number of nitrogens with two attached hydrogens (primary N) is 1. The van der Waals surface area contributed by atoms with Crippen molar-refractivity contribution in [2.75, 3.05) is 36.5 Å². The molecule has 0 aliphatic carbocycles. The summed E-state index contributed by atoms with van der Waals surface area (Å²) in [6, 6.07) is 0. The maximum absolute atomic E-state index is 11.2. The first kappa shape index (κ1) is 11.6. The van der Waals surface area contributed by atoms with E-state index in [2.05, 4.69) is 20.3 Å². The molecule has 0 aromatic carbocycles. The van der Waals surface area contributed by atoms with Crippen molar-refractivity contribution >= 4 is 17.5 Å². The first-order valence-electron chi connectivity index (χ1n) is 5.50. The smallest absolute Gasteiger partial charge is 0.219 e. The highest BCUT2D eigenvalue weighted by Crippen LogP contribution is 2.14. The van der Waals surface area contributed by atoms with Gasteiger partial charge in [0, 0.05) is 33.1 Å². The topological polar surface area (TPSA) is 87.4 Å². The summed E-state index contributed by atoms with van der Waals surface area (Å²) in [7, 11) is 0. The summed E-state index contributed by atoms with van der Waals surface area (Å²) < 4.78 is 0. The number of nitrogen functional groups attached to an aromatic ring is 1. The molecule has 1 fully saturated rings. The molecule has 0 unspecified atom stereocenters. The van der Waals surface area contributed by atoms with Crippen molar-refractivity contribution in [2.24, 2.45) is 5.84 Å². The second-order valence-corrected chi connectivity index (χ2v) is 3.90. The van der Waals surface area contributed by atoms with Gasteiger partial charge in [-0.25, -0.2) is 10.8 Å². The van der Waals surface area contributed by atoms with Crippen molar-refractivity contribution in [1.82, 2.24) is 14.9 Å². The number of hydrazine groups is 1. The molecule has 1 aromatic heterocycles. The molecule has 7 heteroatoms. The number of rotatable bonds is 2. The molecule has 1 amide bonds. The van der Waals surface area contributed by atoms with Gasteiger partial charge in [-0.3, -0.25) is 9.78 Å². The Hall–Kier alpha value is -1.89. The van der Waals surface area contributed by atoms with Crippen LogP contribution in [0.3, 0.4) is 0 Å². The Labute approximate surface area is 99.6 Å². The molecule has 17 heavy (non-hydrogen) atoms. The molecule has 1 aliphatic rings. The first-order valence-corrected chi connectivity index (χ1v) is 5.50. The number of carbonyl (C=O) groups excluding carboxylic acids is 1. The zero-order valence-corrected chi connectivity index (χ0v) is 9.76. The summed E-state index contributed by atoms with van der Waals surface area (Å²) >= 11 is 0. The predicted octanol–water partition coefficient (Wildman–Crippen LogP) is -0.569. The fourth-order valence-electron chi connectivity index (χ4n) is 1.83. The highest BCUT2D eigenvalue weighted by molar-refractivity contribution is 5.73. The third kappa shape index (κ3) is 2.62. The molecule has 0 saturated carbocycles. The Kier molecular flexibility index (Phi) is 3.38. The highest BCUT2D eigenvalue weighted by atomic mass is 16.2. The van der Waals surface area contributed by atoms with Crippen LogP contribution in [0.15, 0.2) is 12.4 Å². The number of piperazine rings is 1. The average Bonchev–Trinajstić information content (AvgIpc) is 2.39. The van der Waals surface area contributed by atoms with Gasteiger partial charge in [-0.05, 0) is 0 Å². The number of nitrogens with one attached hydrogen (secondary N) is 1. The van der Waals surface area contributed by atoms with Gasteiger partial charge in [-0.15, -0.1) is 0 Å². The third-order valence-corrected chi connectivity index (χ3v) is 2.82. The molecule has 0 spiro atoms. The molecule has 2 heterocycles. The monoisotopic (exact) mass is 236 g/mol. The molecule has 1 saturated heterocycles. The van der Waals surface area contributed by atoms with Crippen LogP contribution in [0.25, 0.3) is 0 Å². The second kappa shape index (κ2) is 4.96. The lowest BCUT2D eigenvalue weighted by Crippen LogP contribution is -2.48. The molecule has 1 aliphatic heterocycles. The van der Waals surface area contributed by atoms with E-state index in [0.717, 1.165) is 32.0 Å². The van der Waals surface area contributed by atoms with Crippen LogP contribution in [-0.2, 0) is 4.79 Å². The third-order valence-electron chi connectivity index (χ3n) is 2.82. The summed E-state index contributed by atoms with van der Waals surface area (Å²) in [6.07, 6.45) is 3.26. The SMILES string of the molecule is CC(=O)N1CCN(c2cncc(NN)n2)CC1. The van der Waals surface area contributed by atoms with Crippen LogP contribution in [0.4, 0.5) is 11.6 Å². The fraction of sp³-hybridized carbons (Fsp3) is 0.500. The van der Waals surface area contributed by atoms with Crippen LogP contribution in [0.2, 0.25) is 0 Å². The lowest BCUT2D eigenvalue weighted by Gasteiger charge is -2.34. The van der Waals surface area contributed by atoms with E-state index in [4.69, 9.17) is 5.84 Å². The van der Waals surface area contributed by atoms with Crippen LogP contribution in [0.5, 0.6) is 0 Å². The van der Waals surface area contributed by atoms with Crippen molar-refractivity contribution in [3.05, 3.63) is 12.4 Å². The number of anilines is 2. The second-order valence-electron chi connectivity index (χ2n) is 3.90. The number of carbonyl (C=O) groups is 1. The van der Waals surface area contributed by atoms with Crippen LogP contribution in [-0.4, -0.2) is 47.0 Å². The van der Waals surface area contributed by atoms with Gasteiger partial charge in [0.15, 0.2) is 5.82 Å². The van der Waals surface area contributed by atoms with Crippen molar-refractivity contribution in [3.8, 4) is 0 Å². The number of aromatic nitrogens is 2. The molecular formula is C10H16N6O. The van der Waals surface area contributed by atoms with E-state index >= 15 is 0 Å². The summed E-state index contributed by atoms with van der Waals surface area (Å²) in [5.74, 6) is 6.72.